The number of imidazole rings is 1. The normalized spacial score (nSPS) is 14.9. The highest BCUT2D eigenvalue weighted by atomic mass is 35.5. The van der Waals surface area contributed by atoms with Gasteiger partial charge in [-0.3, -0.25) is 19.8 Å². The molecule has 1 fully saturated rings. The van der Waals surface area contributed by atoms with E-state index in [1.807, 2.05) is 13.0 Å². The van der Waals surface area contributed by atoms with Gasteiger partial charge in [-0.15, -0.1) is 0 Å². The fourth-order valence-electron chi connectivity index (χ4n) is 4.28. The zero-order chi connectivity index (χ0) is 24.5. The van der Waals surface area contributed by atoms with Crippen LogP contribution in [0.2, 0.25) is 5.02 Å². The maximum atomic E-state index is 12.8. The van der Waals surface area contributed by atoms with Gasteiger partial charge in [-0.05, 0) is 42.3 Å². The number of fused-ring (bicyclic) bond motifs is 1. The lowest BCUT2D eigenvalue weighted by Gasteiger charge is -2.29. The lowest BCUT2D eigenvalue weighted by molar-refractivity contribution is 0.122. The summed E-state index contributed by atoms with van der Waals surface area (Å²) in [5.41, 5.74) is 3.06. The molecule has 5 rings (SSSR count). The molecule has 0 bridgehead atoms. The molecule has 35 heavy (non-hydrogen) atoms. The second-order valence-electron chi connectivity index (χ2n) is 8.45. The summed E-state index contributed by atoms with van der Waals surface area (Å²) >= 11 is 6.02. The van der Waals surface area contributed by atoms with Crippen LogP contribution in [0.1, 0.15) is 17.2 Å². The second kappa shape index (κ2) is 9.57. The van der Waals surface area contributed by atoms with Crippen molar-refractivity contribution in [1.82, 2.24) is 20.2 Å². The van der Waals surface area contributed by atoms with Gasteiger partial charge in [-0.2, -0.15) is 0 Å². The number of aromatic amines is 3. The number of anilines is 2. The van der Waals surface area contributed by atoms with Crippen LogP contribution in [0.15, 0.2) is 46.0 Å². The van der Waals surface area contributed by atoms with E-state index in [9.17, 15) is 14.7 Å². The topological polar surface area (TPSA) is 139 Å². The summed E-state index contributed by atoms with van der Waals surface area (Å²) in [6, 6.07) is 10.9. The number of aryl methyl sites for hydroxylation is 1. The van der Waals surface area contributed by atoms with Crippen molar-refractivity contribution in [3.05, 3.63) is 73.3 Å². The van der Waals surface area contributed by atoms with Gasteiger partial charge in [-0.1, -0.05) is 23.7 Å². The summed E-state index contributed by atoms with van der Waals surface area (Å²) in [5.74, 6) is 0.259. The van der Waals surface area contributed by atoms with Gasteiger partial charge in [-0.25, -0.2) is 4.98 Å². The molecule has 0 amide bonds. The van der Waals surface area contributed by atoms with E-state index in [4.69, 9.17) is 16.3 Å². The Bertz CT molecular complexity index is 1490. The van der Waals surface area contributed by atoms with E-state index in [0.717, 1.165) is 29.9 Å². The predicted octanol–water partition coefficient (Wildman–Crippen LogP) is 2.55. The molecule has 0 aliphatic carbocycles. The minimum Gasteiger partial charge on any atom is -0.387 e. The molecule has 0 saturated carbocycles. The van der Waals surface area contributed by atoms with Gasteiger partial charge in [0.1, 0.15) is 17.1 Å². The first kappa shape index (κ1) is 23.2. The van der Waals surface area contributed by atoms with E-state index in [-0.39, 0.29) is 23.6 Å². The van der Waals surface area contributed by atoms with Crippen molar-refractivity contribution >= 4 is 34.0 Å². The molecule has 4 aromatic rings. The molecule has 3 heterocycles. The number of hydrogen-bond donors (Lipinski definition) is 5. The summed E-state index contributed by atoms with van der Waals surface area (Å²) in [4.78, 5) is 35.5. The van der Waals surface area contributed by atoms with Crippen LogP contribution >= 0.6 is 11.6 Å². The quantitative estimate of drug-likeness (QED) is 0.276. The summed E-state index contributed by atoms with van der Waals surface area (Å²) in [5, 5.41) is 18.7. The number of benzene rings is 2. The first-order valence-corrected chi connectivity index (χ1v) is 11.6. The molecule has 10 nitrogen and oxygen atoms in total. The number of aliphatic hydroxyl groups excluding tert-OH is 1. The molecule has 0 spiro atoms. The Morgan fingerprint density at radius 3 is 2.71 bits per heavy atom. The third-order valence-electron chi connectivity index (χ3n) is 6.07. The number of morpholine rings is 1. The monoisotopic (exact) mass is 496 g/mol. The lowest BCUT2D eigenvalue weighted by atomic mass is 10.1. The van der Waals surface area contributed by atoms with Gasteiger partial charge in [0, 0.05) is 30.3 Å². The van der Waals surface area contributed by atoms with Crippen LogP contribution in [0.4, 0.5) is 11.4 Å². The van der Waals surface area contributed by atoms with Crippen molar-refractivity contribution < 1.29 is 9.84 Å². The fraction of sp³-hybridized carbons (Fsp3) is 0.292. The average Bonchev–Trinajstić information content (AvgIpc) is 3.29. The highest BCUT2D eigenvalue weighted by molar-refractivity contribution is 6.30. The van der Waals surface area contributed by atoms with Crippen LogP contribution in [0, 0.1) is 6.92 Å². The van der Waals surface area contributed by atoms with Gasteiger partial charge in [0.2, 0.25) is 0 Å². The molecule has 0 radical (unpaired) electrons. The molecule has 5 N–H and O–H groups in total. The molecule has 182 valence electrons. The largest absolute Gasteiger partial charge is 0.387 e. The van der Waals surface area contributed by atoms with Crippen LogP contribution < -0.4 is 21.3 Å². The van der Waals surface area contributed by atoms with Gasteiger partial charge >= 0.3 is 0 Å². The van der Waals surface area contributed by atoms with Crippen LogP contribution in [-0.2, 0) is 4.74 Å². The Hall–Kier alpha value is -3.60. The highest BCUT2D eigenvalue weighted by Gasteiger charge is 2.21. The van der Waals surface area contributed by atoms with Crippen molar-refractivity contribution in [2.24, 2.45) is 0 Å². The van der Waals surface area contributed by atoms with Crippen molar-refractivity contribution in [2.75, 3.05) is 43.1 Å². The maximum Gasteiger partial charge on any atom is 0.286 e. The zero-order valence-electron chi connectivity index (χ0n) is 19.0. The minimum atomic E-state index is -0.950. The number of rotatable bonds is 6. The van der Waals surface area contributed by atoms with Crippen LogP contribution in [0.3, 0.4) is 0 Å². The van der Waals surface area contributed by atoms with Crippen molar-refractivity contribution in [3.63, 3.8) is 0 Å². The number of aromatic nitrogens is 4. The van der Waals surface area contributed by atoms with Crippen molar-refractivity contribution in [3.8, 4) is 11.4 Å². The number of aliphatic hydroxyl groups is 1. The number of halogens is 1. The van der Waals surface area contributed by atoms with E-state index in [2.05, 4.69) is 36.4 Å². The summed E-state index contributed by atoms with van der Waals surface area (Å²) in [6.45, 7) is 4.87. The fourth-order valence-corrected chi connectivity index (χ4v) is 4.48. The van der Waals surface area contributed by atoms with E-state index in [0.29, 0.717) is 29.3 Å². The smallest absolute Gasteiger partial charge is 0.286 e. The SMILES string of the molecule is Cc1cc(N2CCOCC2)cc2[nH]c(-c3c(NCC(O)c4cccc(Cl)c4)c(=O)[nH][nH]c3=O)nc12. The second-order valence-corrected chi connectivity index (χ2v) is 8.89. The number of nitrogens with zero attached hydrogens (tertiary/aromatic N) is 2. The van der Waals surface area contributed by atoms with Crippen molar-refractivity contribution in [1.29, 1.82) is 0 Å². The molecule has 1 unspecified atom stereocenters. The summed E-state index contributed by atoms with van der Waals surface area (Å²) in [6.07, 6.45) is -0.950. The zero-order valence-corrected chi connectivity index (χ0v) is 19.8. The highest BCUT2D eigenvalue weighted by Crippen LogP contribution is 2.29. The van der Waals surface area contributed by atoms with Gasteiger partial charge in [0.15, 0.2) is 0 Å². The molecular formula is C24H25ClN6O4. The molecule has 1 saturated heterocycles. The molecule has 1 aliphatic rings. The molecule has 2 aromatic carbocycles. The third-order valence-corrected chi connectivity index (χ3v) is 6.31. The number of H-pyrrole nitrogens is 3. The Kier molecular flexibility index (Phi) is 6.33. The van der Waals surface area contributed by atoms with E-state index in [1.165, 1.54) is 0 Å². The van der Waals surface area contributed by atoms with Gasteiger partial charge in [0.25, 0.3) is 11.1 Å². The molecule has 1 atom stereocenters. The average molecular weight is 497 g/mol. The Labute approximate surface area is 204 Å². The standard InChI is InChI=1S/C24H25ClN6O4/c1-13-9-16(31-5-7-35-8-6-31)11-17-20(13)28-22(27-17)19-21(24(34)30-29-23(19)33)26-12-18(32)14-3-2-4-15(25)10-14/h2-4,9-11,18,32H,5-8,12H2,1H3,(H,27,28)(H,30,34)(H2,26,29,33). The Morgan fingerprint density at radius 1 is 1.17 bits per heavy atom. The number of hydrogen-bond acceptors (Lipinski definition) is 7. The maximum absolute atomic E-state index is 12.8. The van der Waals surface area contributed by atoms with Crippen LogP contribution in [0.25, 0.3) is 22.4 Å². The number of ether oxygens (including phenoxy) is 1. The molecular weight excluding hydrogens is 472 g/mol. The van der Waals surface area contributed by atoms with Crippen LogP contribution in [-0.4, -0.2) is 58.1 Å². The third kappa shape index (κ3) is 4.68. The summed E-state index contributed by atoms with van der Waals surface area (Å²) < 4.78 is 5.45. The first-order chi connectivity index (χ1) is 16.9. The molecule has 1 aliphatic heterocycles. The van der Waals surface area contributed by atoms with E-state index >= 15 is 0 Å². The molecule has 11 heteroatoms. The Morgan fingerprint density at radius 2 is 1.94 bits per heavy atom. The van der Waals surface area contributed by atoms with E-state index < -0.39 is 17.2 Å². The van der Waals surface area contributed by atoms with E-state index in [1.54, 1.807) is 24.3 Å². The lowest BCUT2D eigenvalue weighted by Crippen LogP contribution is -2.36. The van der Waals surface area contributed by atoms with Crippen molar-refractivity contribution in [2.45, 2.75) is 13.0 Å². The summed E-state index contributed by atoms with van der Waals surface area (Å²) in [7, 11) is 0. The molecule has 2 aromatic heterocycles. The van der Waals surface area contributed by atoms with Gasteiger partial charge < -0.3 is 25.0 Å². The first-order valence-electron chi connectivity index (χ1n) is 11.3. The predicted molar refractivity (Wildman–Crippen MR) is 135 cm³/mol. The van der Waals surface area contributed by atoms with Gasteiger partial charge in [0.05, 0.1) is 30.4 Å². The Balaban J connectivity index is 1.50. The minimum absolute atomic E-state index is 0.0136. The number of nitrogens with one attached hydrogen (secondary N) is 4. The van der Waals surface area contributed by atoms with Crippen LogP contribution in [0.5, 0.6) is 0 Å².